The third kappa shape index (κ3) is 2.86. The zero-order chi connectivity index (χ0) is 16.4. The maximum absolute atomic E-state index is 13.0. The monoisotopic (exact) mass is 319 g/mol. The molecule has 0 aliphatic heterocycles. The number of aromatic hydroxyl groups is 1. The second kappa shape index (κ2) is 6.72. The van der Waals surface area contributed by atoms with Crippen LogP contribution in [0.1, 0.15) is 81.9 Å². The predicted molar refractivity (Wildman–Crippen MR) is 88.8 cm³/mol. The van der Waals surface area contributed by atoms with Gasteiger partial charge < -0.3 is 10.5 Å². The van der Waals surface area contributed by atoms with Crippen LogP contribution in [0.4, 0.5) is 0 Å². The van der Waals surface area contributed by atoms with E-state index in [2.05, 4.69) is 0 Å². The highest BCUT2D eigenvalue weighted by Crippen LogP contribution is 2.31. The normalized spacial score (nSPS) is 20.5. The fourth-order valence-corrected chi connectivity index (χ4v) is 4.10. The van der Waals surface area contributed by atoms with Gasteiger partial charge in [-0.15, -0.1) is 0 Å². The summed E-state index contributed by atoms with van der Waals surface area (Å²) in [5.41, 5.74) is -0.959. The molecule has 126 valence electrons. The van der Waals surface area contributed by atoms with Crippen LogP contribution in [0, 0.1) is 5.41 Å². The number of aromatic nitrogens is 2. The summed E-state index contributed by atoms with van der Waals surface area (Å²) in [6.45, 7) is 0. The highest BCUT2D eigenvalue weighted by Gasteiger charge is 2.28. The lowest BCUT2D eigenvalue weighted by molar-refractivity contribution is 0.271. The molecule has 0 spiro atoms. The average molecular weight is 319 g/mol. The first-order valence-electron chi connectivity index (χ1n) is 8.75. The van der Waals surface area contributed by atoms with Crippen LogP contribution in [0.15, 0.2) is 9.59 Å². The summed E-state index contributed by atoms with van der Waals surface area (Å²) >= 11 is 0. The molecule has 2 saturated carbocycles. The van der Waals surface area contributed by atoms with E-state index in [0.29, 0.717) is 0 Å². The SMILES string of the molecule is N=Cc1c(O)n(C2CCCCC2)c(=O)n(C2CCCCC2)c1=O. The molecule has 0 atom stereocenters. The summed E-state index contributed by atoms with van der Waals surface area (Å²) in [5, 5.41) is 17.9. The van der Waals surface area contributed by atoms with E-state index in [1.165, 1.54) is 9.13 Å². The van der Waals surface area contributed by atoms with Crippen LogP contribution in [0.25, 0.3) is 0 Å². The van der Waals surface area contributed by atoms with Gasteiger partial charge in [0.05, 0.1) is 0 Å². The second-order valence-corrected chi connectivity index (χ2v) is 6.79. The molecular formula is C17H25N3O3. The van der Waals surface area contributed by atoms with Gasteiger partial charge in [-0.1, -0.05) is 38.5 Å². The van der Waals surface area contributed by atoms with Crippen LogP contribution < -0.4 is 11.2 Å². The van der Waals surface area contributed by atoms with Gasteiger partial charge in [0.2, 0.25) is 5.88 Å². The fourth-order valence-electron chi connectivity index (χ4n) is 4.10. The number of nitrogens with zero attached hydrogens (tertiary/aromatic N) is 2. The van der Waals surface area contributed by atoms with Crippen LogP contribution in [-0.2, 0) is 0 Å². The van der Waals surface area contributed by atoms with Gasteiger partial charge in [-0.3, -0.25) is 13.9 Å². The molecule has 2 fully saturated rings. The molecule has 2 aliphatic carbocycles. The van der Waals surface area contributed by atoms with E-state index in [1.807, 2.05) is 0 Å². The van der Waals surface area contributed by atoms with E-state index >= 15 is 0 Å². The molecule has 2 N–H and O–H groups in total. The van der Waals surface area contributed by atoms with Crippen LogP contribution >= 0.6 is 0 Å². The van der Waals surface area contributed by atoms with Crippen molar-refractivity contribution in [3.63, 3.8) is 0 Å². The molecule has 1 heterocycles. The van der Waals surface area contributed by atoms with E-state index in [-0.39, 0.29) is 23.5 Å². The molecule has 0 radical (unpaired) electrons. The van der Waals surface area contributed by atoms with Crippen molar-refractivity contribution in [3.05, 3.63) is 26.4 Å². The lowest BCUT2D eigenvalue weighted by atomic mass is 9.94. The van der Waals surface area contributed by atoms with Crippen molar-refractivity contribution >= 4 is 6.21 Å². The Hall–Kier alpha value is -1.85. The number of hydrogen-bond donors (Lipinski definition) is 2. The Balaban J connectivity index is 2.16. The van der Waals surface area contributed by atoms with Gasteiger partial charge in [0.15, 0.2) is 0 Å². The standard InChI is InChI=1S/C17H25N3O3/c18-11-14-15(21)19(12-7-3-1-4-8-12)17(23)20(16(14)22)13-9-5-2-6-10-13/h11-13,18,21H,1-10H2. The molecule has 1 aromatic heterocycles. The van der Waals surface area contributed by atoms with E-state index in [1.54, 1.807) is 0 Å². The summed E-state index contributed by atoms with van der Waals surface area (Å²) in [6, 6.07) is -0.164. The summed E-state index contributed by atoms with van der Waals surface area (Å²) < 4.78 is 2.70. The number of hydrogen-bond acceptors (Lipinski definition) is 4. The van der Waals surface area contributed by atoms with E-state index in [0.717, 1.165) is 70.4 Å². The lowest BCUT2D eigenvalue weighted by Crippen LogP contribution is -2.45. The van der Waals surface area contributed by atoms with Gasteiger partial charge in [-0.25, -0.2) is 4.79 Å². The first-order chi connectivity index (χ1) is 11.1. The minimum atomic E-state index is -0.513. The van der Waals surface area contributed by atoms with Crippen LogP contribution in [0.5, 0.6) is 5.88 Å². The molecule has 1 aromatic rings. The van der Waals surface area contributed by atoms with Crippen LogP contribution in [0.3, 0.4) is 0 Å². The van der Waals surface area contributed by atoms with E-state index in [4.69, 9.17) is 5.41 Å². The van der Waals surface area contributed by atoms with Gasteiger partial charge in [-0.2, -0.15) is 0 Å². The maximum atomic E-state index is 13.0. The second-order valence-electron chi connectivity index (χ2n) is 6.79. The minimum absolute atomic E-state index is 0.0549. The molecule has 0 aromatic carbocycles. The molecule has 6 nitrogen and oxygen atoms in total. The molecule has 0 saturated heterocycles. The van der Waals surface area contributed by atoms with Crippen molar-refractivity contribution in [2.75, 3.05) is 0 Å². The molecule has 6 heteroatoms. The van der Waals surface area contributed by atoms with Crippen LogP contribution in [-0.4, -0.2) is 20.5 Å². The summed E-state index contributed by atoms with van der Waals surface area (Å²) in [5.74, 6) is -0.325. The number of nitrogens with one attached hydrogen (secondary N) is 1. The van der Waals surface area contributed by atoms with Gasteiger partial charge in [0.1, 0.15) is 5.56 Å². The van der Waals surface area contributed by atoms with Crippen molar-refractivity contribution in [1.82, 2.24) is 9.13 Å². The quantitative estimate of drug-likeness (QED) is 0.840. The molecule has 2 aliphatic rings. The predicted octanol–water partition coefficient (Wildman–Crippen LogP) is 2.72. The molecule has 23 heavy (non-hydrogen) atoms. The van der Waals surface area contributed by atoms with Crippen molar-refractivity contribution in [1.29, 1.82) is 5.41 Å². The summed E-state index contributed by atoms with van der Waals surface area (Å²) in [6.07, 6.45) is 10.6. The Kier molecular flexibility index (Phi) is 4.68. The minimum Gasteiger partial charge on any atom is -0.494 e. The Labute approximate surface area is 135 Å². The van der Waals surface area contributed by atoms with Gasteiger partial charge in [0.25, 0.3) is 5.56 Å². The largest absolute Gasteiger partial charge is 0.494 e. The van der Waals surface area contributed by atoms with Gasteiger partial charge >= 0.3 is 5.69 Å². The fraction of sp³-hybridized carbons (Fsp3) is 0.706. The van der Waals surface area contributed by atoms with E-state index < -0.39 is 11.2 Å². The van der Waals surface area contributed by atoms with Crippen molar-refractivity contribution < 1.29 is 5.11 Å². The summed E-state index contributed by atoms with van der Waals surface area (Å²) in [7, 11) is 0. The Morgan fingerprint density at radius 3 is 1.83 bits per heavy atom. The average Bonchev–Trinajstić information content (AvgIpc) is 2.57. The molecular weight excluding hydrogens is 294 g/mol. The maximum Gasteiger partial charge on any atom is 0.334 e. The van der Waals surface area contributed by atoms with Crippen LogP contribution in [0.2, 0.25) is 0 Å². The third-order valence-electron chi connectivity index (χ3n) is 5.35. The Morgan fingerprint density at radius 1 is 0.870 bits per heavy atom. The molecule has 3 rings (SSSR count). The Morgan fingerprint density at radius 2 is 1.35 bits per heavy atom. The first-order valence-corrected chi connectivity index (χ1v) is 8.75. The molecule has 0 bridgehead atoms. The highest BCUT2D eigenvalue weighted by molar-refractivity contribution is 5.79. The highest BCUT2D eigenvalue weighted by atomic mass is 16.3. The van der Waals surface area contributed by atoms with E-state index in [9.17, 15) is 14.7 Å². The smallest absolute Gasteiger partial charge is 0.334 e. The summed E-state index contributed by atoms with van der Waals surface area (Å²) in [4.78, 5) is 25.6. The lowest BCUT2D eigenvalue weighted by Gasteiger charge is -2.29. The number of rotatable bonds is 3. The molecule has 0 unspecified atom stereocenters. The first kappa shape index (κ1) is 16.0. The van der Waals surface area contributed by atoms with Gasteiger partial charge in [0, 0.05) is 18.3 Å². The third-order valence-corrected chi connectivity index (χ3v) is 5.35. The zero-order valence-corrected chi connectivity index (χ0v) is 13.5. The Bertz CT molecular complexity index is 692. The van der Waals surface area contributed by atoms with Crippen molar-refractivity contribution in [2.24, 2.45) is 0 Å². The topological polar surface area (TPSA) is 88.1 Å². The van der Waals surface area contributed by atoms with Gasteiger partial charge in [-0.05, 0) is 25.7 Å². The van der Waals surface area contributed by atoms with Crippen molar-refractivity contribution in [3.8, 4) is 5.88 Å². The van der Waals surface area contributed by atoms with Crippen molar-refractivity contribution in [2.45, 2.75) is 76.3 Å². The zero-order valence-electron chi connectivity index (χ0n) is 13.5. The molecule has 0 amide bonds.